The molecule has 3 N–H and O–H groups in total. The van der Waals surface area contributed by atoms with Crippen molar-refractivity contribution >= 4 is 17.6 Å². The number of pyridine rings is 1. The van der Waals surface area contributed by atoms with Gasteiger partial charge in [-0.3, -0.25) is 9.78 Å². The van der Waals surface area contributed by atoms with Gasteiger partial charge in [0, 0.05) is 30.2 Å². The maximum Gasteiger partial charge on any atom is 0.316 e. The quantitative estimate of drug-likeness (QED) is 0.913. The van der Waals surface area contributed by atoms with E-state index < -0.39 is 6.03 Å². The third-order valence-corrected chi connectivity index (χ3v) is 3.98. The molecule has 118 valence electrons. The highest BCUT2D eigenvalue weighted by Crippen LogP contribution is 2.32. The SMILES string of the molecule is NC(=O)Nc1ccc(C(=O)N2CCCC2c2cccnc2)cc1. The van der Waals surface area contributed by atoms with Gasteiger partial charge in [0.1, 0.15) is 0 Å². The number of carbonyl (C=O) groups excluding carboxylic acids is 2. The van der Waals surface area contributed by atoms with Crippen molar-refractivity contribution in [1.82, 2.24) is 9.88 Å². The van der Waals surface area contributed by atoms with Crippen LogP contribution in [-0.4, -0.2) is 28.4 Å². The molecule has 0 aliphatic carbocycles. The van der Waals surface area contributed by atoms with Gasteiger partial charge in [-0.05, 0) is 48.7 Å². The minimum Gasteiger partial charge on any atom is -0.351 e. The Morgan fingerprint density at radius 1 is 1.22 bits per heavy atom. The first-order chi connectivity index (χ1) is 11.1. The smallest absolute Gasteiger partial charge is 0.316 e. The Kier molecular flexibility index (Phi) is 4.23. The highest BCUT2D eigenvalue weighted by molar-refractivity contribution is 5.95. The van der Waals surface area contributed by atoms with Gasteiger partial charge < -0.3 is 16.0 Å². The van der Waals surface area contributed by atoms with Crippen LogP contribution in [-0.2, 0) is 0 Å². The molecule has 6 heteroatoms. The van der Waals surface area contributed by atoms with Crippen LogP contribution in [0.25, 0.3) is 0 Å². The number of benzene rings is 1. The summed E-state index contributed by atoms with van der Waals surface area (Å²) in [6, 6.07) is 10.1. The van der Waals surface area contributed by atoms with Gasteiger partial charge in [-0.25, -0.2) is 4.79 Å². The monoisotopic (exact) mass is 310 g/mol. The Bertz CT molecular complexity index is 700. The van der Waals surface area contributed by atoms with E-state index in [4.69, 9.17) is 5.73 Å². The lowest BCUT2D eigenvalue weighted by Gasteiger charge is -2.25. The van der Waals surface area contributed by atoms with Crippen LogP contribution in [0.2, 0.25) is 0 Å². The van der Waals surface area contributed by atoms with Crippen LogP contribution in [0, 0.1) is 0 Å². The lowest BCUT2D eigenvalue weighted by Crippen LogP contribution is -2.30. The van der Waals surface area contributed by atoms with Crippen molar-refractivity contribution in [3.63, 3.8) is 0 Å². The number of aromatic nitrogens is 1. The van der Waals surface area contributed by atoms with Gasteiger partial charge >= 0.3 is 6.03 Å². The minimum absolute atomic E-state index is 0.0121. The average Bonchev–Trinajstić information content (AvgIpc) is 3.05. The van der Waals surface area contributed by atoms with Gasteiger partial charge in [-0.15, -0.1) is 0 Å². The van der Waals surface area contributed by atoms with E-state index in [0.29, 0.717) is 11.3 Å². The second-order valence-electron chi connectivity index (χ2n) is 5.51. The second-order valence-corrected chi connectivity index (χ2v) is 5.51. The number of primary amides is 1. The van der Waals surface area contributed by atoms with Gasteiger partial charge in [-0.1, -0.05) is 6.07 Å². The van der Waals surface area contributed by atoms with Crippen LogP contribution in [0.5, 0.6) is 0 Å². The number of nitrogens with two attached hydrogens (primary N) is 1. The summed E-state index contributed by atoms with van der Waals surface area (Å²) in [5.74, 6) is -0.0121. The summed E-state index contributed by atoms with van der Waals surface area (Å²) in [5.41, 5.74) is 7.30. The number of nitrogens with zero attached hydrogens (tertiary/aromatic N) is 2. The highest BCUT2D eigenvalue weighted by Gasteiger charge is 2.30. The molecule has 1 unspecified atom stereocenters. The first-order valence-corrected chi connectivity index (χ1v) is 7.52. The Morgan fingerprint density at radius 3 is 2.65 bits per heavy atom. The summed E-state index contributed by atoms with van der Waals surface area (Å²) in [6.45, 7) is 0.736. The molecule has 0 bridgehead atoms. The lowest BCUT2D eigenvalue weighted by atomic mass is 10.1. The summed E-state index contributed by atoms with van der Waals surface area (Å²) >= 11 is 0. The summed E-state index contributed by atoms with van der Waals surface area (Å²) in [5, 5.41) is 2.48. The van der Waals surface area contributed by atoms with E-state index >= 15 is 0 Å². The van der Waals surface area contributed by atoms with Crippen molar-refractivity contribution in [3.8, 4) is 0 Å². The summed E-state index contributed by atoms with van der Waals surface area (Å²) < 4.78 is 0. The van der Waals surface area contributed by atoms with E-state index in [2.05, 4.69) is 10.3 Å². The Balaban J connectivity index is 1.78. The molecule has 0 radical (unpaired) electrons. The molecule has 1 aliphatic rings. The van der Waals surface area contributed by atoms with Crippen molar-refractivity contribution in [2.24, 2.45) is 5.73 Å². The van der Waals surface area contributed by atoms with Gasteiger partial charge in [-0.2, -0.15) is 0 Å². The molecular formula is C17H18N4O2. The van der Waals surface area contributed by atoms with Gasteiger partial charge in [0.2, 0.25) is 0 Å². The van der Waals surface area contributed by atoms with Crippen LogP contribution in [0.15, 0.2) is 48.8 Å². The molecule has 2 heterocycles. The molecule has 1 aliphatic heterocycles. The number of urea groups is 1. The second kappa shape index (κ2) is 6.48. The predicted molar refractivity (Wildman–Crippen MR) is 86.9 cm³/mol. The number of hydrogen-bond acceptors (Lipinski definition) is 3. The summed E-state index contributed by atoms with van der Waals surface area (Å²) in [7, 11) is 0. The molecular weight excluding hydrogens is 292 g/mol. The zero-order chi connectivity index (χ0) is 16.2. The highest BCUT2D eigenvalue weighted by atomic mass is 16.2. The molecule has 2 aromatic rings. The number of nitrogens with one attached hydrogen (secondary N) is 1. The van der Waals surface area contributed by atoms with E-state index in [1.54, 1.807) is 30.5 Å². The largest absolute Gasteiger partial charge is 0.351 e. The zero-order valence-electron chi connectivity index (χ0n) is 12.6. The predicted octanol–water partition coefficient (Wildman–Crippen LogP) is 2.55. The van der Waals surface area contributed by atoms with E-state index in [-0.39, 0.29) is 11.9 Å². The molecule has 23 heavy (non-hydrogen) atoms. The first-order valence-electron chi connectivity index (χ1n) is 7.52. The third kappa shape index (κ3) is 3.31. The molecule has 1 atom stereocenters. The molecule has 1 saturated heterocycles. The van der Waals surface area contributed by atoms with Gasteiger partial charge in [0.05, 0.1) is 6.04 Å². The van der Waals surface area contributed by atoms with E-state index in [9.17, 15) is 9.59 Å². The number of amides is 3. The molecule has 1 fully saturated rings. The van der Waals surface area contributed by atoms with E-state index in [1.165, 1.54) is 0 Å². The topological polar surface area (TPSA) is 88.3 Å². The van der Waals surface area contributed by atoms with Crippen LogP contribution >= 0.6 is 0 Å². The molecule has 3 amide bonds. The molecule has 3 rings (SSSR count). The Hall–Kier alpha value is -2.89. The van der Waals surface area contributed by atoms with Crippen LogP contribution < -0.4 is 11.1 Å². The summed E-state index contributed by atoms with van der Waals surface area (Å²) in [6.07, 6.45) is 5.47. The minimum atomic E-state index is -0.625. The number of hydrogen-bond donors (Lipinski definition) is 2. The molecule has 0 saturated carbocycles. The molecule has 6 nitrogen and oxygen atoms in total. The number of likely N-dealkylation sites (tertiary alicyclic amines) is 1. The van der Waals surface area contributed by atoms with Crippen LogP contribution in [0.1, 0.15) is 34.8 Å². The fourth-order valence-electron chi connectivity index (χ4n) is 2.93. The standard InChI is InChI=1S/C17H18N4O2/c18-17(23)20-14-7-5-12(6-8-14)16(22)21-10-2-4-15(21)13-3-1-9-19-11-13/h1,3,5-9,11,15H,2,4,10H2,(H3,18,20,23). The maximum absolute atomic E-state index is 12.8. The van der Waals surface area contributed by atoms with Gasteiger partial charge in [0.25, 0.3) is 5.91 Å². The summed E-state index contributed by atoms with van der Waals surface area (Å²) in [4.78, 5) is 29.6. The van der Waals surface area contributed by atoms with Crippen LogP contribution in [0.3, 0.4) is 0 Å². The van der Waals surface area contributed by atoms with E-state index in [0.717, 1.165) is 24.9 Å². The average molecular weight is 310 g/mol. The van der Waals surface area contributed by atoms with E-state index in [1.807, 2.05) is 23.2 Å². The Morgan fingerprint density at radius 2 is 2.00 bits per heavy atom. The van der Waals surface area contributed by atoms with Crippen molar-refractivity contribution < 1.29 is 9.59 Å². The van der Waals surface area contributed by atoms with Crippen molar-refractivity contribution in [3.05, 3.63) is 59.9 Å². The van der Waals surface area contributed by atoms with Crippen LogP contribution in [0.4, 0.5) is 10.5 Å². The number of rotatable bonds is 3. The Labute approximate surface area is 134 Å². The zero-order valence-corrected chi connectivity index (χ0v) is 12.6. The fourth-order valence-corrected chi connectivity index (χ4v) is 2.93. The van der Waals surface area contributed by atoms with Crippen molar-refractivity contribution in [1.29, 1.82) is 0 Å². The lowest BCUT2D eigenvalue weighted by molar-refractivity contribution is 0.0735. The normalized spacial score (nSPS) is 17.0. The third-order valence-electron chi connectivity index (χ3n) is 3.98. The fraction of sp³-hybridized carbons (Fsp3) is 0.235. The van der Waals surface area contributed by atoms with Gasteiger partial charge in [0.15, 0.2) is 0 Å². The van der Waals surface area contributed by atoms with Crippen molar-refractivity contribution in [2.45, 2.75) is 18.9 Å². The number of carbonyl (C=O) groups is 2. The molecule has 1 aromatic heterocycles. The molecule has 1 aromatic carbocycles. The maximum atomic E-state index is 12.8. The first kappa shape index (κ1) is 15.0. The molecule has 0 spiro atoms. The number of anilines is 1. The van der Waals surface area contributed by atoms with Crippen molar-refractivity contribution in [2.75, 3.05) is 11.9 Å².